The summed E-state index contributed by atoms with van der Waals surface area (Å²) in [5, 5.41) is 13.4. The number of amides is 1. The van der Waals surface area contributed by atoms with Crippen molar-refractivity contribution in [1.29, 1.82) is 0 Å². The number of carbonyl (C=O) groups is 1. The zero-order valence-electron chi connectivity index (χ0n) is 16.1. The number of nitrogens with one attached hydrogen (secondary N) is 1. The number of aromatic nitrogens is 5. The largest absolute Gasteiger partial charge is 0.345 e. The number of carbonyl (C=O) groups excluding carboxylic acids is 1. The molecular weight excluding hydrogens is 460 g/mol. The van der Waals surface area contributed by atoms with Crippen LogP contribution in [0.15, 0.2) is 59.1 Å². The van der Waals surface area contributed by atoms with Crippen LogP contribution < -0.4 is 5.32 Å². The molecule has 9 nitrogen and oxygen atoms in total. The first-order valence-corrected chi connectivity index (χ1v) is 12.0. The number of hydrogen-bond donors (Lipinski definition) is 1. The molecule has 0 atom stereocenters. The summed E-state index contributed by atoms with van der Waals surface area (Å²) in [6, 6.07) is 9.76. The molecule has 0 saturated carbocycles. The van der Waals surface area contributed by atoms with Gasteiger partial charge in [0.15, 0.2) is 9.84 Å². The van der Waals surface area contributed by atoms with Crippen LogP contribution in [0.3, 0.4) is 0 Å². The van der Waals surface area contributed by atoms with Crippen molar-refractivity contribution in [1.82, 2.24) is 30.3 Å². The standard InChI is InChI=1S/C19H15ClN6O3S2/c1-31(28,29)15-4-2-12(3-5-15)19-23-16(11-30-19)18(27)22-9-13-10-26(25-24-13)14-6-7-21-17(20)8-14/h2-8,10-11H,9H2,1H3,(H,22,27). The SMILES string of the molecule is CS(=O)(=O)c1ccc(-c2nc(C(=O)NCc3cn(-c4ccnc(Cl)c4)nn3)cs2)cc1. The second-order valence-electron chi connectivity index (χ2n) is 6.51. The van der Waals surface area contributed by atoms with Gasteiger partial charge in [0.05, 0.1) is 23.3 Å². The van der Waals surface area contributed by atoms with Gasteiger partial charge in [-0.15, -0.1) is 16.4 Å². The third-order valence-corrected chi connectivity index (χ3v) is 6.44. The van der Waals surface area contributed by atoms with E-state index in [2.05, 4.69) is 25.6 Å². The molecule has 31 heavy (non-hydrogen) atoms. The van der Waals surface area contributed by atoms with Crippen LogP contribution >= 0.6 is 22.9 Å². The van der Waals surface area contributed by atoms with Crippen molar-refractivity contribution in [2.75, 3.05) is 6.26 Å². The lowest BCUT2D eigenvalue weighted by molar-refractivity contribution is 0.0946. The van der Waals surface area contributed by atoms with Crippen LogP contribution in [-0.2, 0) is 16.4 Å². The van der Waals surface area contributed by atoms with E-state index in [1.54, 1.807) is 42.0 Å². The maximum absolute atomic E-state index is 12.4. The van der Waals surface area contributed by atoms with Crippen molar-refractivity contribution in [3.05, 3.63) is 70.7 Å². The number of benzene rings is 1. The number of sulfone groups is 1. The smallest absolute Gasteiger partial charge is 0.271 e. The second-order valence-corrected chi connectivity index (χ2v) is 9.77. The topological polar surface area (TPSA) is 120 Å². The number of pyridine rings is 1. The van der Waals surface area contributed by atoms with Gasteiger partial charge in [0, 0.05) is 29.5 Å². The number of rotatable bonds is 6. The Hall–Kier alpha value is -3.15. The second kappa shape index (κ2) is 8.53. The molecule has 1 N–H and O–H groups in total. The highest BCUT2D eigenvalue weighted by atomic mass is 35.5. The van der Waals surface area contributed by atoms with Gasteiger partial charge in [-0.05, 0) is 18.2 Å². The van der Waals surface area contributed by atoms with E-state index in [4.69, 9.17) is 11.6 Å². The molecule has 0 fully saturated rings. The minimum Gasteiger partial charge on any atom is -0.345 e. The summed E-state index contributed by atoms with van der Waals surface area (Å²) in [5.74, 6) is -0.350. The molecule has 0 bridgehead atoms. The molecule has 12 heteroatoms. The molecule has 0 aliphatic heterocycles. The van der Waals surface area contributed by atoms with Crippen LogP contribution in [0.25, 0.3) is 16.3 Å². The Bertz CT molecular complexity index is 1350. The molecule has 3 heterocycles. The lowest BCUT2D eigenvalue weighted by atomic mass is 10.2. The Morgan fingerprint density at radius 1 is 1.23 bits per heavy atom. The normalized spacial score (nSPS) is 11.4. The van der Waals surface area contributed by atoms with Crippen LogP contribution in [0.5, 0.6) is 0 Å². The minimum atomic E-state index is -3.27. The number of thiazole rings is 1. The number of hydrogen-bond acceptors (Lipinski definition) is 8. The summed E-state index contributed by atoms with van der Waals surface area (Å²) in [7, 11) is -3.27. The maximum Gasteiger partial charge on any atom is 0.271 e. The van der Waals surface area contributed by atoms with Crippen molar-refractivity contribution in [2.45, 2.75) is 11.4 Å². The lowest BCUT2D eigenvalue weighted by Crippen LogP contribution is -2.23. The van der Waals surface area contributed by atoms with Gasteiger partial charge in [-0.25, -0.2) is 23.1 Å². The molecule has 4 aromatic rings. The van der Waals surface area contributed by atoms with E-state index in [1.807, 2.05) is 0 Å². The Kier molecular flexibility index (Phi) is 5.81. The molecule has 0 aliphatic carbocycles. The monoisotopic (exact) mass is 474 g/mol. The molecule has 0 unspecified atom stereocenters. The average molecular weight is 475 g/mol. The Morgan fingerprint density at radius 2 is 2.00 bits per heavy atom. The van der Waals surface area contributed by atoms with E-state index in [-0.39, 0.29) is 23.0 Å². The average Bonchev–Trinajstić information content (AvgIpc) is 3.42. The fourth-order valence-corrected chi connectivity index (χ4v) is 4.26. The van der Waals surface area contributed by atoms with E-state index in [0.29, 0.717) is 21.5 Å². The first-order chi connectivity index (χ1) is 14.8. The third-order valence-electron chi connectivity index (χ3n) is 4.21. The fourth-order valence-electron chi connectivity index (χ4n) is 2.66. The molecule has 0 aliphatic rings. The van der Waals surface area contributed by atoms with E-state index >= 15 is 0 Å². The van der Waals surface area contributed by atoms with E-state index in [1.165, 1.54) is 28.2 Å². The van der Waals surface area contributed by atoms with Gasteiger partial charge < -0.3 is 5.32 Å². The van der Waals surface area contributed by atoms with Crippen molar-refractivity contribution < 1.29 is 13.2 Å². The molecule has 0 saturated heterocycles. The fraction of sp³-hybridized carbons (Fsp3) is 0.105. The number of halogens is 1. The summed E-state index contributed by atoms with van der Waals surface area (Å²) in [4.78, 5) is 20.9. The highest BCUT2D eigenvalue weighted by Gasteiger charge is 2.14. The van der Waals surface area contributed by atoms with Crippen molar-refractivity contribution in [3.8, 4) is 16.3 Å². The maximum atomic E-state index is 12.4. The molecule has 1 aromatic carbocycles. The lowest BCUT2D eigenvalue weighted by Gasteiger charge is -2.01. The van der Waals surface area contributed by atoms with Crippen LogP contribution in [-0.4, -0.2) is 45.5 Å². The van der Waals surface area contributed by atoms with Crippen molar-refractivity contribution >= 4 is 38.7 Å². The predicted octanol–water partition coefficient (Wildman–Crippen LogP) is 2.77. The van der Waals surface area contributed by atoms with Crippen LogP contribution in [0.2, 0.25) is 5.15 Å². The summed E-state index contributed by atoms with van der Waals surface area (Å²) < 4.78 is 24.7. The molecular formula is C19H15ClN6O3S2. The summed E-state index contributed by atoms with van der Waals surface area (Å²) in [6.45, 7) is 0.174. The quantitative estimate of drug-likeness (QED) is 0.426. The van der Waals surface area contributed by atoms with Crippen LogP contribution in [0.4, 0.5) is 0 Å². The Balaban J connectivity index is 1.41. The van der Waals surface area contributed by atoms with Crippen LogP contribution in [0.1, 0.15) is 16.2 Å². The van der Waals surface area contributed by atoms with Gasteiger partial charge >= 0.3 is 0 Å². The Labute approximate surface area is 186 Å². The first-order valence-electron chi connectivity index (χ1n) is 8.87. The zero-order chi connectivity index (χ0) is 22.0. The van der Waals surface area contributed by atoms with Gasteiger partial charge in [0.1, 0.15) is 21.5 Å². The molecule has 1 amide bonds. The van der Waals surface area contributed by atoms with E-state index in [9.17, 15) is 13.2 Å². The van der Waals surface area contributed by atoms with Crippen molar-refractivity contribution in [2.24, 2.45) is 0 Å². The number of nitrogens with zero attached hydrogens (tertiary/aromatic N) is 5. The van der Waals surface area contributed by atoms with Gasteiger partial charge in [-0.2, -0.15) is 0 Å². The van der Waals surface area contributed by atoms with Gasteiger partial charge in [-0.1, -0.05) is 28.9 Å². The molecule has 0 radical (unpaired) electrons. The summed E-state index contributed by atoms with van der Waals surface area (Å²) >= 11 is 7.18. The van der Waals surface area contributed by atoms with E-state index < -0.39 is 9.84 Å². The van der Waals surface area contributed by atoms with Crippen molar-refractivity contribution in [3.63, 3.8) is 0 Å². The first kappa shape index (κ1) is 21.1. The highest BCUT2D eigenvalue weighted by Crippen LogP contribution is 2.25. The summed E-state index contributed by atoms with van der Waals surface area (Å²) in [5.41, 5.74) is 2.26. The summed E-state index contributed by atoms with van der Waals surface area (Å²) in [6.07, 6.45) is 4.40. The van der Waals surface area contributed by atoms with Crippen LogP contribution in [0, 0.1) is 0 Å². The molecule has 3 aromatic heterocycles. The molecule has 158 valence electrons. The molecule has 0 spiro atoms. The van der Waals surface area contributed by atoms with Gasteiger partial charge in [-0.3, -0.25) is 4.79 Å². The van der Waals surface area contributed by atoms with Gasteiger partial charge in [0.25, 0.3) is 5.91 Å². The predicted molar refractivity (Wildman–Crippen MR) is 116 cm³/mol. The minimum absolute atomic E-state index is 0.174. The van der Waals surface area contributed by atoms with Gasteiger partial charge in [0.2, 0.25) is 0 Å². The zero-order valence-corrected chi connectivity index (χ0v) is 18.4. The molecule has 4 rings (SSSR count). The Morgan fingerprint density at radius 3 is 2.71 bits per heavy atom. The van der Waals surface area contributed by atoms with E-state index in [0.717, 1.165) is 11.8 Å². The third kappa shape index (κ3) is 4.95. The highest BCUT2D eigenvalue weighted by molar-refractivity contribution is 7.90.